The summed E-state index contributed by atoms with van der Waals surface area (Å²) in [7, 11) is 0. The molecule has 4 rings (SSSR count). The van der Waals surface area contributed by atoms with E-state index in [4.69, 9.17) is 65.4 Å². The molecular weight excluding hydrogens is 494 g/mol. The van der Waals surface area contributed by atoms with Gasteiger partial charge in [0.1, 0.15) is 13.2 Å². The molecule has 8 heteroatoms. The zero-order valence-electron chi connectivity index (χ0n) is 18.4. The number of hydrogen-bond donors (Lipinski definition) is 0. The minimum absolute atomic E-state index is 0.0296. The highest BCUT2D eigenvalue weighted by Gasteiger charge is 2.42. The van der Waals surface area contributed by atoms with Crippen LogP contribution in [0.2, 0.25) is 20.1 Å². The smallest absolute Gasteiger partial charge is 0.156 e. The standard InChI is InChI=1S/C24H26Cl4O4/c1-23(2)11-31-21(23)13-7-15(25)19(16(26)8-13)29-5-6-30-20-17(27)9-14(10-18(20)28)22-24(3,4)12-32-22/h7-10,21-22H,5-6,11-12H2,1-4H3. The van der Waals surface area contributed by atoms with Crippen molar-refractivity contribution in [3.05, 3.63) is 55.5 Å². The lowest BCUT2D eigenvalue weighted by atomic mass is 9.79. The van der Waals surface area contributed by atoms with Crippen LogP contribution in [0.3, 0.4) is 0 Å². The van der Waals surface area contributed by atoms with Crippen LogP contribution < -0.4 is 9.47 Å². The molecule has 2 unspecified atom stereocenters. The molecule has 2 fully saturated rings. The predicted molar refractivity (Wildman–Crippen MR) is 129 cm³/mol. The summed E-state index contributed by atoms with van der Waals surface area (Å²) < 4.78 is 22.9. The van der Waals surface area contributed by atoms with Crippen LogP contribution in [-0.4, -0.2) is 26.4 Å². The summed E-state index contributed by atoms with van der Waals surface area (Å²) >= 11 is 25.7. The summed E-state index contributed by atoms with van der Waals surface area (Å²) in [5, 5.41) is 1.73. The lowest BCUT2D eigenvalue weighted by Gasteiger charge is -2.44. The van der Waals surface area contributed by atoms with Gasteiger partial charge in [-0.05, 0) is 35.4 Å². The molecule has 0 spiro atoms. The molecule has 32 heavy (non-hydrogen) atoms. The van der Waals surface area contributed by atoms with E-state index in [0.717, 1.165) is 11.1 Å². The molecular formula is C24H26Cl4O4. The van der Waals surface area contributed by atoms with Gasteiger partial charge in [-0.25, -0.2) is 0 Å². The molecule has 0 aliphatic carbocycles. The van der Waals surface area contributed by atoms with Crippen molar-refractivity contribution in [2.24, 2.45) is 10.8 Å². The van der Waals surface area contributed by atoms with Crippen LogP contribution in [0.5, 0.6) is 11.5 Å². The van der Waals surface area contributed by atoms with Crippen molar-refractivity contribution in [1.29, 1.82) is 0 Å². The molecule has 2 aliphatic heterocycles. The summed E-state index contributed by atoms with van der Waals surface area (Å²) in [6.45, 7) is 10.4. The molecule has 2 atom stereocenters. The topological polar surface area (TPSA) is 36.9 Å². The van der Waals surface area contributed by atoms with Gasteiger partial charge in [-0.3, -0.25) is 0 Å². The van der Waals surface area contributed by atoms with Crippen LogP contribution >= 0.6 is 46.4 Å². The first-order chi connectivity index (χ1) is 15.0. The molecule has 4 nitrogen and oxygen atoms in total. The van der Waals surface area contributed by atoms with Crippen LogP contribution in [-0.2, 0) is 9.47 Å². The summed E-state index contributed by atoms with van der Waals surface area (Å²) in [6.07, 6.45) is -0.0592. The van der Waals surface area contributed by atoms with Crippen LogP contribution in [0.4, 0.5) is 0 Å². The highest BCUT2D eigenvalue weighted by molar-refractivity contribution is 6.37. The Kier molecular flexibility index (Phi) is 6.86. The second-order valence-electron chi connectivity index (χ2n) is 9.68. The Hall–Kier alpha value is -0.880. The highest BCUT2D eigenvalue weighted by Crippen LogP contribution is 2.49. The zero-order valence-corrected chi connectivity index (χ0v) is 21.5. The molecule has 0 N–H and O–H groups in total. The number of rotatable bonds is 7. The van der Waals surface area contributed by atoms with Gasteiger partial charge in [-0.2, -0.15) is 0 Å². The number of benzene rings is 2. The molecule has 2 saturated heterocycles. The Morgan fingerprint density at radius 2 is 1.00 bits per heavy atom. The lowest BCUT2D eigenvalue weighted by molar-refractivity contribution is -0.172. The molecule has 0 radical (unpaired) electrons. The largest absolute Gasteiger partial charge is 0.487 e. The molecule has 174 valence electrons. The monoisotopic (exact) mass is 518 g/mol. The minimum Gasteiger partial charge on any atom is -0.487 e. The summed E-state index contributed by atoms with van der Waals surface area (Å²) in [6, 6.07) is 7.36. The van der Waals surface area contributed by atoms with Gasteiger partial charge in [-0.1, -0.05) is 74.1 Å². The van der Waals surface area contributed by atoms with E-state index in [0.29, 0.717) is 44.8 Å². The van der Waals surface area contributed by atoms with Crippen molar-refractivity contribution in [3.8, 4) is 11.5 Å². The van der Waals surface area contributed by atoms with E-state index in [1.807, 2.05) is 24.3 Å². The molecule has 0 amide bonds. The predicted octanol–water partition coefficient (Wildman–Crippen LogP) is 7.95. The van der Waals surface area contributed by atoms with Crippen molar-refractivity contribution in [2.75, 3.05) is 26.4 Å². The lowest BCUT2D eigenvalue weighted by Crippen LogP contribution is -2.40. The van der Waals surface area contributed by atoms with Gasteiger partial charge < -0.3 is 18.9 Å². The Morgan fingerprint density at radius 1 is 0.688 bits per heavy atom. The molecule has 2 aromatic carbocycles. The number of halogens is 4. The van der Waals surface area contributed by atoms with Crippen molar-refractivity contribution in [3.63, 3.8) is 0 Å². The number of ether oxygens (including phenoxy) is 4. The third-order valence-corrected chi connectivity index (χ3v) is 7.01. The summed E-state index contributed by atoms with van der Waals surface area (Å²) in [5.41, 5.74) is 1.99. The van der Waals surface area contributed by atoms with Gasteiger partial charge in [0.05, 0.1) is 45.5 Å². The molecule has 0 saturated carbocycles. The fourth-order valence-corrected chi connectivity index (χ4v) is 5.35. The van der Waals surface area contributed by atoms with Gasteiger partial charge in [0.25, 0.3) is 0 Å². The maximum atomic E-state index is 6.43. The minimum atomic E-state index is -0.0296. The van der Waals surface area contributed by atoms with Gasteiger partial charge in [-0.15, -0.1) is 0 Å². The molecule has 0 aromatic heterocycles. The van der Waals surface area contributed by atoms with E-state index in [1.165, 1.54) is 0 Å². The SMILES string of the molecule is CC1(C)COC1c1cc(Cl)c(OCCOc2c(Cl)cc(C3OCC3(C)C)cc2Cl)c(Cl)c1. The fraction of sp³-hybridized carbons (Fsp3) is 0.500. The first-order valence-corrected chi connectivity index (χ1v) is 12.0. The van der Waals surface area contributed by atoms with Gasteiger partial charge in [0.15, 0.2) is 11.5 Å². The van der Waals surface area contributed by atoms with Gasteiger partial charge >= 0.3 is 0 Å². The number of hydrogen-bond acceptors (Lipinski definition) is 4. The summed E-state index contributed by atoms with van der Waals surface area (Å²) in [4.78, 5) is 0. The maximum Gasteiger partial charge on any atom is 0.156 e. The first kappa shape index (κ1) is 24.3. The Balaban J connectivity index is 1.36. The van der Waals surface area contributed by atoms with Crippen LogP contribution in [0.25, 0.3) is 0 Å². The average molecular weight is 520 g/mol. The molecule has 2 aromatic rings. The van der Waals surface area contributed by atoms with Crippen molar-refractivity contribution < 1.29 is 18.9 Å². The maximum absolute atomic E-state index is 6.43. The van der Waals surface area contributed by atoms with E-state index >= 15 is 0 Å². The molecule has 2 heterocycles. The van der Waals surface area contributed by atoms with E-state index < -0.39 is 0 Å². The van der Waals surface area contributed by atoms with E-state index in [9.17, 15) is 0 Å². The first-order valence-electron chi connectivity index (χ1n) is 10.5. The van der Waals surface area contributed by atoms with Crippen LogP contribution in [0.1, 0.15) is 51.0 Å². The van der Waals surface area contributed by atoms with Crippen molar-refractivity contribution >= 4 is 46.4 Å². The Morgan fingerprint density at radius 3 is 1.22 bits per heavy atom. The highest BCUT2D eigenvalue weighted by atomic mass is 35.5. The van der Waals surface area contributed by atoms with E-state index in [2.05, 4.69) is 27.7 Å². The fourth-order valence-electron chi connectivity index (χ4n) is 4.12. The third kappa shape index (κ3) is 4.68. The molecule has 0 bridgehead atoms. The normalized spacial score (nSPS) is 23.2. The zero-order chi connectivity index (χ0) is 23.3. The van der Waals surface area contributed by atoms with Gasteiger partial charge in [0.2, 0.25) is 0 Å². The van der Waals surface area contributed by atoms with Crippen LogP contribution in [0.15, 0.2) is 24.3 Å². The quantitative estimate of drug-likeness (QED) is 0.347. The second kappa shape index (κ2) is 9.05. The van der Waals surface area contributed by atoms with E-state index in [-0.39, 0.29) is 36.3 Å². The second-order valence-corrected chi connectivity index (χ2v) is 11.3. The van der Waals surface area contributed by atoms with Crippen molar-refractivity contribution in [2.45, 2.75) is 39.9 Å². The Bertz CT molecular complexity index is 894. The average Bonchev–Trinajstić information content (AvgIpc) is 2.67. The third-order valence-electron chi connectivity index (χ3n) is 5.89. The Labute approximate surface area is 209 Å². The van der Waals surface area contributed by atoms with Crippen molar-refractivity contribution in [1.82, 2.24) is 0 Å². The van der Waals surface area contributed by atoms with Crippen LogP contribution in [0, 0.1) is 10.8 Å². The van der Waals surface area contributed by atoms with Gasteiger partial charge in [0, 0.05) is 10.8 Å². The molecule has 2 aliphatic rings. The summed E-state index contributed by atoms with van der Waals surface area (Å²) in [5.74, 6) is 0.824. The van der Waals surface area contributed by atoms with E-state index in [1.54, 1.807) is 0 Å².